The normalized spacial score (nSPS) is 11.9. The van der Waals surface area contributed by atoms with Crippen LogP contribution in [-0.4, -0.2) is 42.2 Å². The lowest BCUT2D eigenvalue weighted by Gasteiger charge is -2.08. The minimum Gasteiger partial charge on any atom is -0.465 e. The Labute approximate surface area is 164 Å². The maximum Gasteiger partial charge on any atom is 0.349 e. The lowest BCUT2D eigenvalue weighted by Crippen LogP contribution is -2.28. The summed E-state index contributed by atoms with van der Waals surface area (Å²) in [6.45, 7) is 0.529. The maximum absolute atomic E-state index is 12.5. The van der Waals surface area contributed by atoms with E-state index in [1.807, 2.05) is 22.9 Å². The number of sulfonamides is 1. The van der Waals surface area contributed by atoms with Crippen molar-refractivity contribution >= 4 is 33.0 Å². The van der Waals surface area contributed by atoms with Crippen molar-refractivity contribution in [3.63, 3.8) is 0 Å². The van der Waals surface area contributed by atoms with Gasteiger partial charge in [-0.3, -0.25) is 0 Å². The number of methoxy groups -OCH3 is 1. The topological polar surface area (TPSA) is 108 Å². The first-order valence-corrected chi connectivity index (χ1v) is 10.6. The van der Waals surface area contributed by atoms with Gasteiger partial charge in [-0.15, -0.1) is 11.3 Å². The van der Waals surface area contributed by atoms with E-state index in [9.17, 15) is 13.2 Å². The summed E-state index contributed by atoms with van der Waals surface area (Å²) >= 11 is 1.02. The number of aromatic nitrogens is 3. The number of thiophene rings is 1. The van der Waals surface area contributed by atoms with Crippen LogP contribution in [0.5, 0.6) is 0 Å². The number of esters is 1. The molecule has 28 heavy (non-hydrogen) atoms. The Bertz CT molecular complexity index is 1220. The van der Waals surface area contributed by atoms with Crippen molar-refractivity contribution < 1.29 is 22.4 Å². The van der Waals surface area contributed by atoms with Crippen LogP contribution in [0.1, 0.15) is 9.67 Å². The second-order valence-corrected chi connectivity index (χ2v) is 8.46. The molecule has 11 heteroatoms. The van der Waals surface area contributed by atoms with Crippen molar-refractivity contribution in [1.29, 1.82) is 0 Å². The van der Waals surface area contributed by atoms with Gasteiger partial charge in [-0.1, -0.05) is 0 Å². The first-order chi connectivity index (χ1) is 13.5. The molecule has 9 nitrogen and oxygen atoms in total. The molecule has 0 amide bonds. The maximum atomic E-state index is 12.5. The third-order valence-electron chi connectivity index (χ3n) is 4.11. The molecule has 4 aromatic rings. The van der Waals surface area contributed by atoms with Crippen LogP contribution >= 0.6 is 11.3 Å². The van der Waals surface area contributed by atoms with Crippen LogP contribution in [0.3, 0.4) is 0 Å². The van der Waals surface area contributed by atoms with E-state index in [4.69, 9.17) is 4.42 Å². The molecular formula is C17H16N4O5S2. The molecule has 0 saturated carbocycles. The van der Waals surface area contributed by atoms with Crippen molar-refractivity contribution in [1.82, 2.24) is 18.9 Å². The summed E-state index contributed by atoms with van der Waals surface area (Å²) in [5.74, 6) is -0.0176. The Morgan fingerprint density at radius 3 is 2.96 bits per heavy atom. The third-order valence-corrected chi connectivity index (χ3v) is 6.63. The molecule has 0 radical (unpaired) electrons. The smallest absolute Gasteiger partial charge is 0.349 e. The summed E-state index contributed by atoms with van der Waals surface area (Å²) < 4.78 is 41.1. The third kappa shape index (κ3) is 3.35. The van der Waals surface area contributed by atoms with E-state index < -0.39 is 16.0 Å². The number of imidazole rings is 1. The van der Waals surface area contributed by atoms with Crippen LogP contribution in [0, 0.1) is 0 Å². The van der Waals surface area contributed by atoms with Gasteiger partial charge in [0.25, 0.3) is 0 Å². The van der Waals surface area contributed by atoms with Crippen molar-refractivity contribution in [3.8, 4) is 11.5 Å². The fraction of sp³-hybridized carbons (Fsp3) is 0.176. The number of nitrogens with zero attached hydrogens (tertiary/aromatic N) is 3. The first kappa shape index (κ1) is 18.5. The second-order valence-electron chi connectivity index (χ2n) is 5.80. The van der Waals surface area contributed by atoms with Crippen LogP contribution in [0.2, 0.25) is 0 Å². The van der Waals surface area contributed by atoms with Gasteiger partial charge in [0.05, 0.1) is 13.4 Å². The van der Waals surface area contributed by atoms with Gasteiger partial charge in [0.2, 0.25) is 10.0 Å². The molecule has 0 bridgehead atoms. The number of fused-ring (bicyclic) bond motifs is 1. The zero-order valence-corrected chi connectivity index (χ0v) is 16.4. The highest BCUT2D eigenvalue weighted by atomic mass is 32.2. The predicted octanol–water partition coefficient (Wildman–Crippen LogP) is 2.22. The fourth-order valence-electron chi connectivity index (χ4n) is 2.79. The average Bonchev–Trinajstić information content (AvgIpc) is 3.44. The van der Waals surface area contributed by atoms with Crippen LogP contribution < -0.4 is 4.72 Å². The quantitative estimate of drug-likeness (QED) is 0.459. The molecule has 0 aromatic carbocycles. The van der Waals surface area contributed by atoms with Gasteiger partial charge in [0.1, 0.15) is 21.1 Å². The minimum absolute atomic E-state index is 0.0530. The molecule has 0 unspecified atom stereocenters. The standard InChI is InChI=1S/C17H16N4O5S2/c1-25-17(22)16-14(4-10-27-16)28(23,24)18-5-6-20-7-8-21-15(20)11-12(19-21)13-3-2-9-26-13/h2-4,7-11,18H,5-6H2,1H3. The summed E-state index contributed by atoms with van der Waals surface area (Å²) in [6, 6.07) is 6.86. The van der Waals surface area contributed by atoms with Crippen LogP contribution in [0.25, 0.3) is 17.1 Å². The van der Waals surface area contributed by atoms with Gasteiger partial charge in [-0.05, 0) is 23.6 Å². The molecule has 4 rings (SSSR count). The van der Waals surface area contributed by atoms with Crippen LogP contribution in [0.4, 0.5) is 0 Å². The fourth-order valence-corrected chi connectivity index (χ4v) is 5.15. The molecule has 0 aliphatic heterocycles. The highest BCUT2D eigenvalue weighted by Crippen LogP contribution is 2.23. The molecule has 146 valence electrons. The number of carbonyl (C=O) groups excluding carboxylic acids is 1. The van der Waals surface area contributed by atoms with Crippen LogP contribution in [-0.2, 0) is 21.3 Å². The number of furan rings is 1. The van der Waals surface area contributed by atoms with Gasteiger partial charge in [0, 0.05) is 31.5 Å². The molecule has 0 aliphatic carbocycles. The number of nitrogens with one attached hydrogen (secondary N) is 1. The van der Waals surface area contributed by atoms with E-state index in [0.29, 0.717) is 18.0 Å². The van der Waals surface area contributed by atoms with Gasteiger partial charge in [-0.2, -0.15) is 5.10 Å². The Morgan fingerprint density at radius 2 is 2.21 bits per heavy atom. The minimum atomic E-state index is -3.83. The Hall–Kier alpha value is -2.89. The average molecular weight is 420 g/mol. The van der Waals surface area contributed by atoms with E-state index in [-0.39, 0.29) is 16.3 Å². The first-order valence-electron chi connectivity index (χ1n) is 8.23. The summed E-state index contributed by atoms with van der Waals surface area (Å²) in [5, 5.41) is 5.97. The van der Waals surface area contributed by atoms with Gasteiger partial charge >= 0.3 is 5.97 Å². The Balaban J connectivity index is 1.48. The van der Waals surface area contributed by atoms with E-state index in [2.05, 4.69) is 14.6 Å². The SMILES string of the molecule is COC(=O)c1sccc1S(=O)(=O)NCCn1ccn2nc(-c3ccco3)cc12. The molecule has 1 N–H and O–H groups in total. The zero-order chi connectivity index (χ0) is 19.7. The highest BCUT2D eigenvalue weighted by Gasteiger charge is 2.24. The largest absolute Gasteiger partial charge is 0.465 e. The van der Waals surface area contributed by atoms with E-state index >= 15 is 0 Å². The summed E-state index contributed by atoms with van der Waals surface area (Å²) in [6.07, 6.45) is 5.17. The monoisotopic (exact) mass is 420 g/mol. The zero-order valence-electron chi connectivity index (χ0n) is 14.7. The molecule has 0 atom stereocenters. The van der Waals surface area contributed by atoms with Crippen molar-refractivity contribution in [2.24, 2.45) is 0 Å². The van der Waals surface area contributed by atoms with E-state index in [1.165, 1.54) is 13.2 Å². The number of hydrogen-bond acceptors (Lipinski definition) is 7. The summed E-state index contributed by atoms with van der Waals surface area (Å²) in [5.41, 5.74) is 1.49. The molecule has 0 spiro atoms. The molecular weight excluding hydrogens is 404 g/mol. The number of rotatable bonds is 7. The van der Waals surface area contributed by atoms with Gasteiger partial charge in [0.15, 0.2) is 5.76 Å². The number of hydrogen-bond donors (Lipinski definition) is 1. The van der Waals surface area contributed by atoms with Crippen molar-refractivity contribution in [3.05, 3.63) is 53.2 Å². The number of ether oxygens (including phenoxy) is 1. The van der Waals surface area contributed by atoms with Crippen molar-refractivity contribution in [2.45, 2.75) is 11.4 Å². The second kappa shape index (κ2) is 7.26. The van der Waals surface area contributed by atoms with Crippen molar-refractivity contribution in [2.75, 3.05) is 13.7 Å². The summed E-state index contributed by atoms with van der Waals surface area (Å²) in [4.78, 5) is 11.7. The number of carbonyl (C=O) groups is 1. The van der Waals surface area contributed by atoms with E-state index in [1.54, 1.807) is 28.4 Å². The predicted molar refractivity (Wildman–Crippen MR) is 102 cm³/mol. The van der Waals surface area contributed by atoms with Gasteiger partial charge < -0.3 is 13.7 Å². The highest BCUT2D eigenvalue weighted by molar-refractivity contribution is 7.89. The molecule has 4 heterocycles. The Kier molecular flexibility index (Phi) is 4.79. The van der Waals surface area contributed by atoms with E-state index in [0.717, 1.165) is 17.0 Å². The van der Waals surface area contributed by atoms with Gasteiger partial charge in [-0.25, -0.2) is 22.4 Å². The lowest BCUT2D eigenvalue weighted by molar-refractivity contribution is 0.0602. The Morgan fingerprint density at radius 1 is 1.36 bits per heavy atom. The molecule has 0 fully saturated rings. The summed E-state index contributed by atoms with van der Waals surface area (Å²) in [7, 11) is -2.62. The molecule has 0 saturated heterocycles. The molecule has 0 aliphatic rings. The lowest BCUT2D eigenvalue weighted by atomic mass is 10.3. The molecule has 4 aromatic heterocycles. The van der Waals surface area contributed by atoms with Crippen LogP contribution in [0.15, 0.2) is 57.6 Å².